The van der Waals surface area contributed by atoms with E-state index in [1.807, 2.05) is 18.3 Å². The third-order valence-corrected chi connectivity index (χ3v) is 3.31. The molecule has 1 aromatic carbocycles. The number of carbonyl (C=O) groups is 1. The third-order valence-electron chi connectivity index (χ3n) is 3.08. The van der Waals surface area contributed by atoms with Gasteiger partial charge in [-0.2, -0.15) is 5.10 Å². The highest BCUT2D eigenvalue weighted by Gasteiger charge is 2.08. The van der Waals surface area contributed by atoms with Crippen molar-refractivity contribution in [2.24, 2.45) is 0 Å². The minimum Gasteiger partial charge on any atom is -0.465 e. The van der Waals surface area contributed by atoms with Gasteiger partial charge in [0.15, 0.2) is 0 Å². The fourth-order valence-corrected chi connectivity index (χ4v) is 2.28. The summed E-state index contributed by atoms with van der Waals surface area (Å²) in [6, 6.07) is 8.85. The van der Waals surface area contributed by atoms with E-state index in [2.05, 4.69) is 10.1 Å². The van der Waals surface area contributed by atoms with Gasteiger partial charge in [0.2, 0.25) is 0 Å². The fourth-order valence-electron chi connectivity index (χ4n) is 2.10. The van der Waals surface area contributed by atoms with Crippen LogP contribution in [0.3, 0.4) is 0 Å². The second-order valence-corrected chi connectivity index (χ2v) is 4.99. The van der Waals surface area contributed by atoms with Crippen molar-refractivity contribution in [3.63, 3.8) is 0 Å². The zero-order valence-electron chi connectivity index (χ0n) is 11.3. The van der Waals surface area contributed by atoms with E-state index in [9.17, 15) is 4.79 Å². The maximum absolute atomic E-state index is 11.5. The first-order chi connectivity index (χ1) is 10.2. The van der Waals surface area contributed by atoms with E-state index in [0.717, 1.165) is 16.6 Å². The van der Waals surface area contributed by atoms with E-state index in [4.69, 9.17) is 16.3 Å². The normalized spacial score (nSPS) is 10.8. The van der Waals surface area contributed by atoms with Gasteiger partial charge in [-0.3, -0.25) is 9.67 Å². The lowest BCUT2D eigenvalue weighted by Crippen LogP contribution is -2.06. The first-order valence-electron chi connectivity index (χ1n) is 6.31. The minimum absolute atomic E-state index is 0.379. The van der Waals surface area contributed by atoms with E-state index in [0.29, 0.717) is 17.1 Å². The summed E-state index contributed by atoms with van der Waals surface area (Å²) in [5.41, 5.74) is 2.07. The summed E-state index contributed by atoms with van der Waals surface area (Å²) in [6.45, 7) is 0.469. The van der Waals surface area contributed by atoms with E-state index < -0.39 is 0 Å². The molecule has 2 aromatic heterocycles. The standard InChI is InChI=1S/C15H12ClN3O2/c1-21-15(20)10-4-5-17-13(7-10)9-19-8-11-6-12(16)2-3-14(11)18-19/h2-8H,9H2,1H3. The summed E-state index contributed by atoms with van der Waals surface area (Å²) in [5, 5.41) is 6.08. The summed E-state index contributed by atoms with van der Waals surface area (Å²) in [4.78, 5) is 15.8. The quantitative estimate of drug-likeness (QED) is 0.698. The Morgan fingerprint density at radius 2 is 2.19 bits per heavy atom. The van der Waals surface area contributed by atoms with Crippen molar-refractivity contribution in [3.05, 3.63) is 59.0 Å². The molecule has 3 aromatic rings. The van der Waals surface area contributed by atoms with Crippen LogP contribution in [0.5, 0.6) is 0 Å². The molecule has 3 rings (SSSR count). The number of rotatable bonds is 3. The minimum atomic E-state index is -0.379. The van der Waals surface area contributed by atoms with Crippen molar-refractivity contribution >= 4 is 28.5 Å². The maximum atomic E-state index is 11.5. The number of halogens is 1. The first-order valence-corrected chi connectivity index (χ1v) is 6.69. The summed E-state index contributed by atoms with van der Waals surface area (Å²) < 4.78 is 6.47. The Kier molecular flexibility index (Phi) is 3.58. The molecule has 0 radical (unpaired) electrons. The van der Waals surface area contributed by atoms with Crippen LogP contribution in [0.25, 0.3) is 10.9 Å². The molecule has 0 unspecified atom stereocenters. The Bertz CT molecular complexity index is 814. The zero-order chi connectivity index (χ0) is 14.8. The molecule has 0 fully saturated rings. The molecule has 106 valence electrons. The fraction of sp³-hybridized carbons (Fsp3) is 0.133. The molecule has 0 amide bonds. The Balaban J connectivity index is 1.89. The second kappa shape index (κ2) is 5.54. The predicted octanol–water partition coefficient (Wildman–Crippen LogP) is 2.92. The summed E-state index contributed by atoms with van der Waals surface area (Å²) in [6.07, 6.45) is 3.48. The van der Waals surface area contributed by atoms with E-state index in [1.54, 1.807) is 29.1 Å². The maximum Gasteiger partial charge on any atom is 0.337 e. The number of esters is 1. The Morgan fingerprint density at radius 3 is 3.00 bits per heavy atom. The van der Waals surface area contributed by atoms with E-state index in [-0.39, 0.29) is 5.97 Å². The number of pyridine rings is 1. The molecule has 6 heteroatoms. The molecule has 5 nitrogen and oxygen atoms in total. The van der Waals surface area contributed by atoms with E-state index >= 15 is 0 Å². The summed E-state index contributed by atoms with van der Waals surface area (Å²) in [5.74, 6) is -0.379. The van der Waals surface area contributed by atoms with Gasteiger partial charge in [0.25, 0.3) is 0 Å². The van der Waals surface area contributed by atoms with Gasteiger partial charge in [0, 0.05) is 22.8 Å². The van der Waals surface area contributed by atoms with Crippen molar-refractivity contribution < 1.29 is 9.53 Å². The molecule has 21 heavy (non-hydrogen) atoms. The number of carbonyl (C=O) groups excluding carboxylic acids is 1. The molecule has 0 saturated carbocycles. The van der Waals surface area contributed by atoms with Crippen LogP contribution in [0.2, 0.25) is 5.02 Å². The second-order valence-electron chi connectivity index (χ2n) is 4.56. The van der Waals surface area contributed by atoms with Crippen LogP contribution in [0, 0.1) is 0 Å². The Morgan fingerprint density at radius 1 is 1.33 bits per heavy atom. The van der Waals surface area contributed by atoms with Gasteiger partial charge < -0.3 is 4.74 Å². The molecule has 0 bridgehead atoms. The highest BCUT2D eigenvalue weighted by Crippen LogP contribution is 2.18. The lowest BCUT2D eigenvalue weighted by Gasteiger charge is -2.03. The number of benzene rings is 1. The van der Waals surface area contributed by atoms with Gasteiger partial charge in [0.1, 0.15) is 0 Å². The van der Waals surface area contributed by atoms with Crippen molar-refractivity contribution in [3.8, 4) is 0 Å². The monoisotopic (exact) mass is 301 g/mol. The molecule has 0 atom stereocenters. The SMILES string of the molecule is COC(=O)c1ccnc(Cn2cc3cc(Cl)ccc3n2)c1. The van der Waals surface area contributed by atoms with Gasteiger partial charge in [0.05, 0.1) is 30.4 Å². The third kappa shape index (κ3) is 2.87. The number of ether oxygens (including phenoxy) is 1. The van der Waals surface area contributed by atoms with Crippen LogP contribution in [0.4, 0.5) is 0 Å². The van der Waals surface area contributed by atoms with Crippen LogP contribution >= 0.6 is 11.6 Å². The van der Waals surface area contributed by atoms with Crippen molar-refractivity contribution in [1.82, 2.24) is 14.8 Å². The smallest absolute Gasteiger partial charge is 0.337 e. The van der Waals surface area contributed by atoms with Crippen LogP contribution in [0.1, 0.15) is 16.1 Å². The van der Waals surface area contributed by atoms with Crippen LogP contribution < -0.4 is 0 Å². The molecule has 0 saturated heterocycles. The first kappa shape index (κ1) is 13.6. The average Bonchev–Trinajstić information content (AvgIpc) is 2.88. The van der Waals surface area contributed by atoms with Crippen molar-refractivity contribution in [2.45, 2.75) is 6.54 Å². The molecule has 0 aliphatic rings. The van der Waals surface area contributed by atoms with Crippen LogP contribution in [0.15, 0.2) is 42.7 Å². The Labute approximate surface area is 126 Å². The number of hydrogen-bond acceptors (Lipinski definition) is 4. The molecule has 0 N–H and O–H groups in total. The van der Waals surface area contributed by atoms with Gasteiger partial charge >= 0.3 is 5.97 Å². The van der Waals surface area contributed by atoms with Gasteiger partial charge in [-0.1, -0.05) is 11.6 Å². The molecular weight excluding hydrogens is 290 g/mol. The number of fused-ring (bicyclic) bond motifs is 1. The Hall–Kier alpha value is -2.40. The topological polar surface area (TPSA) is 57.0 Å². The summed E-state index contributed by atoms with van der Waals surface area (Å²) in [7, 11) is 1.35. The van der Waals surface area contributed by atoms with Crippen LogP contribution in [-0.2, 0) is 11.3 Å². The molecule has 0 aliphatic carbocycles. The molecule has 0 spiro atoms. The number of methoxy groups -OCH3 is 1. The molecular formula is C15H12ClN3O2. The average molecular weight is 302 g/mol. The number of aromatic nitrogens is 3. The predicted molar refractivity (Wildman–Crippen MR) is 79.4 cm³/mol. The van der Waals surface area contributed by atoms with Gasteiger partial charge in [-0.15, -0.1) is 0 Å². The van der Waals surface area contributed by atoms with E-state index in [1.165, 1.54) is 7.11 Å². The number of hydrogen-bond donors (Lipinski definition) is 0. The highest BCUT2D eigenvalue weighted by atomic mass is 35.5. The lowest BCUT2D eigenvalue weighted by atomic mass is 10.2. The van der Waals surface area contributed by atoms with Crippen LogP contribution in [-0.4, -0.2) is 27.8 Å². The summed E-state index contributed by atoms with van der Waals surface area (Å²) >= 11 is 5.96. The van der Waals surface area contributed by atoms with Gasteiger partial charge in [-0.25, -0.2) is 4.79 Å². The lowest BCUT2D eigenvalue weighted by molar-refractivity contribution is 0.0600. The molecule has 0 aliphatic heterocycles. The largest absolute Gasteiger partial charge is 0.465 e. The van der Waals surface area contributed by atoms with Gasteiger partial charge in [-0.05, 0) is 30.3 Å². The highest BCUT2D eigenvalue weighted by molar-refractivity contribution is 6.31. The van der Waals surface area contributed by atoms with Crippen molar-refractivity contribution in [2.75, 3.05) is 7.11 Å². The number of nitrogens with zero attached hydrogens (tertiary/aromatic N) is 3. The zero-order valence-corrected chi connectivity index (χ0v) is 12.0. The molecule has 2 heterocycles. The van der Waals surface area contributed by atoms with Crippen molar-refractivity contribution in [1.29, 1.82) is 0 Å².